The number of hydroxylamine groups is 2. The lowest BCUT2D eigenvalue weighted by Crippen LogP contribution is -2.70. The number of alkyl halides is 3. The van der Waals surface area contributed by atoms with E-state index in [0.29, 0.717) is 28.7 Å². The Bertz CT molecular complexity index is 2290. The van der Waals surface area contributed by atoms with Gasteiger partial charge in [-0.05, 0) is 57.2 Å². The molecule has 5 fully saturated rings. The molecule has 4 aliphatic heterocycles. The van der Waals surface area contributed by atoms with Crippen LogP contribution in [-0.2, 0) is 64.8 Å². The van der Waals surface area contributed by atoms with Gasteiger partial charge in [0.2, 0.25) is 17.6 Å². The van der Waals surface area contributed by atoms with E-state index in [4.69, 9.17) is 23.8 Å². The summed E-state index contributed by atoms with van der Waals surface area (Å²) in [5, 5.41) is 14.4. The van der Waals surface area contributed by atoms with Crippen LogP contribution < -0.4 is 5.32 Å². The highest BCUT2D eigenvalue weighted by Gasteiger charge is 2.77. The van der Waals surface area contributed by atoms with Gasteiger partial charge in [0, 0.05) is 36.6 Å². The summed E-state index contributed by atoms with van der Waals surface area (Å²) in [4.78, 5) is 77.1. The van der Waals surface area contributed by atoms with Crippen LogP contribution in [0.2, 0.25) is 0 Å². The van der Waals surface area contributed by atoms with Crippen LogP contribution in [0, 0.1) is 5.41 Å². The smallest absolute Gasteiger partial charge is 0.422 e. The molecule has 0 spiro atoms. The number of hydrogen-bond donors (Lipinski definition) is 2. The van der Waals surface area contributed by atoms with Crippen LogP contribution in [0.1, 0.15) is 75.1 Å². The minimum atomic E-state index is -4.69. The van der Waals surface area contributed by atoms with Gasteiger partial charge in [-0.15, -0.1) is 0 Å². The van der Waals surface area contributed by atoms with Crippen molar-refractivity contribution in [2.24, 2.45) is 5.41 Å². The fourth-order valence-electron chi connectivity index (χ4n) is 9.75. The van der Waals surface area contributed by atoms with E-state index in [-0.39, 0.29) is 38.8 Å². The molecular weight excluding hydrogens is 868 g/mol. The standard InChI is InChI=1S/C48H52F3N3O12/c1-45(2,3)63-37(57)22-20-33(27-55)52-42(58)34-18-11-23-53(34)44(60)46-25-35-38-39(65-48(64-38,31-14-6-4-7-15-31)32-16-8-5-9-17-32)41(46)66-54(40(46)43(59)62-35)26-30-13-10-12-29(24-30)19-21-36(56)61-28-47(49,50)51/h4-10,12-17,19,21,24,33-35,38-41,55H,11,18,20,22-23,25-28H2,1-3H3,(H,52,58)/t33-,34+,35+,38-,39-,40-,41+,46-/m0/s1. The second-order valence-corrected chi connectivity index (χ2v) is 18.2. The second kappa shape index (κ2) is 18.6. The van der Waals surface area contributed by atoms with E-state index in [1.54, 1.807) is 45.0 Å². The van der Waals surface area contributed by atoms with Crippen LogP contribution in [0.25, 0.3) is 6.08 Å². The Kier molecular flexibility index (Phi) is 13.2. The minimum absolute atomic E-state index is 0.0452. The van der Waals surface area contributed by atoms with Gasteiger partial charge in [0.25, 0.3) is 0 Å². The van der Waals surface area contributed by atoms with Crippen molar-refractivity contribution in [3.8, 4) is 0 Å². The lowest BCUT2D eigenvalue weighted by molar-refractivity contribution is -0.214. The van der Waals surface area contributed by atoms with E-state index < -0.39 is 108 Å². The fraction of sp³-hybridized carbons (Fsp3) is 0.479. The number of halogens is 3. The van der Waals surface area contributed by atoms with Crippen molar-refractivity contribution in [1.29, 1.82) is 0 Å². The SMILES string of the molecule is CC(C)(C)OC(=O)CC[C@@H](CO)NC(=O)[C@H]1CCCN1C(=O)[C@@]12C[C@H]3OC(=O)[C@@H]1N(Cc1cccc(C=CC(=O)OCC(F)(F)F)c1)O[C@@H]2[C@H]1OC(c2ccccc2)(c2ccccc2)O[C@H]13. The number of likely N-dealkylation sites (tertiary alicyclic amines) is 1. The molecule has 4 saturated heterocycles. The molecule has 8 atom stereocenters. The highest BCUT2D eigenvalue weighted by molar-refractivity contribution is 5.96. The number of fused-ring (bicyclic) bond motifs is 4. The normalized spacial score (nSPS) is 27.3. The number of aliphatic hydroxyl groups is 1. The molecule has 5 aliphatic rings. The molecule has 3 aromatic rings. The van der Waals surface area contributed by atoms with Crippen LogP contribution in [0.15, 0.2) is 91.0 Å². The van der Waals surface area contributed by atoms with Crippen molar-refractivity contribution in [1.82, 2.24) is 15.3 Å². The van der Waals surface area contributed by atoms with Crippen molar-refractivity contribution in [3.63, 3.8) is 0 Å². The van der Waals surface area contributed by atoms with E-state index in [2.05, 4.69) is 10.1 Å². The molecule has 0 unspecified atom stereocenters. The second-order valence-electron chi connectivity index (χ2n) is 18.2. The molecule has 3 aromatic carbocycles. The molecule has 66 heavy (non-hydrogen) atoms. The molecule has 15 nitrogen and oxygen atoms in total. The summed E-state index contributed by atoms with van der Waals surface area (Å²) in [5.41, 5.74) is -0.139. The van der Waals surface area contributed by atoms with Gasteiger partial charge < -0.3 is 39.0 Å². The number of benzene rings is 3. The summed E-state index contributed by atoms with van der Waals surface area (Å²) in [6.45, 7) is 3.08. The number of rotatable bonds is 14. The molecule has 0 aromatic heterocycles. The largest absolute Gasteiger partial charge is 0.460 e. The van der Waals surface area contributed by atoms with Crippen molar-refractivity contribution in [2.45, 2.75) is 120 Å². The fourth-order valence-corrected chi connectivity index (χ4v) is 9.75. The van der Waals surface area contributed by atoms with Gasteiger partial charge in [0.1, 0.15) is 41.5 Å². The number of nitrogens with zero attached hydrogens (tertiary/aromatic N) is 2. The first-order valence-electron chi connectivity index (χ1n) is 22.0. The third-order valence-electron chi connectivity index (χ3n) is 12.4. The predicted molar refractivity (Wildman–Crippen MR) is 226 cm³/mol. The molecule has 2 bridgehead atoms. The van der Waals surface area contributed by atoms with Gasteiger partial charge in [0.15, 0.2) is 12.6 Å². The van der Waals surface area contributed by atoms with Crippen molar-refractivity contribution < 1.29 is 70.8 Å². The molecule has 1 saturated carbocycles. The molecule has 8 rings (SSSR count). The van der Waals surface area contributed by atoms with Crippen LogP contribution >= 0.6 is 0 Å². The van der Waals surface area contributed by atoms with Gasteiger partial charge in [-0.2, -0.15) is 18.2 Å². The third-order valence-corrected chi connectivity index (χ3v) is 12.4. The van der Waals surface area contributed by atoms with Gasteiger partial charge in [-0.1, -0.05) is 84.9 Å². The van der Waals surface area contributed by atoms with Gasteiger partial charge in [0.05, 0.1) is 19.2 Å². The molecule has 0 radical (unpaired) electrons. The number of carbonyl (C=O) groups is 5. The maximum absolute atomic E-state index is 15.7. The zero-order valence-corrected chi connectivity index (χ0v) is 36.6. The predicted octanol–water partition coefficient (Wildman–Crippen LogP) is 4.88. The van der Waals surface area contributed by atoms with Crippen LogP contribution in [-0.4, -0.2) is 119 Å². The lowest BCUT2D eigenvalue weighted by Gasteiger charge is -2.50. The Morgan fingerprint density at radius 1 is 0.955 bits per heavy atom. The van der Waals surface area contributed by atoms with Crippen molar-refractivity contribution in [3.05, 3.63) is 113 Å². The lowest BCUT2D eigenvalue weighted by atomic mass is 9.62. The van der Waals surface area contributed by atoms with E-state index in [1.165, 1.54) is 16.0 Å². The number of amides is 2. The monoisotopic (exact) mass is 919 g/mol. The summed E-state index contributed by atoms with van der Waals surface area (Å²) in [7, 11) is 0. The van der Waals surface area contributed by atoms with E-state index in [0.717, 1.165) is 6.08 Å². The van der Waals surface area contributed by atoms with Crippen LogP contribution in [0.5, 0.6) is 0 Å². The van der Waals surface area contributed by atoms with Crippen molar-refractivity contribution >= 4 is 35.8 Å². The Labute approximate surface area is 379 Å². The third kappa shape index (κ3) is 9.47. The minimum Gasteiger partial charge on any atom is -0.460 e. The molecular formula is C48H52F3N3O12. The average Bonchev–Trinajstić information content (AvgIpc) is 4.03. The van der Waals surface area contributed by atoms with Crippen LogP contribution in [0.3, 0.4) is 0 Å². The topological polar surface area (TPSA) is 179 Å². The summed E-state index contributed by atoms with van der Waals surface area (Å²) in [5.74, 6) is -5.02. The highest BCUT2D eigenvalue weighted by Crippen LogP contribution is 2.60. The zero-order chi connectivity index (χ0) is 47.0. The molecule has 18 heteroatoms. The highest BCUT2D eigenvalue weighted by atomic mass is 19.4. The molecule has 352 valence electrons. The van der Waals surface area contributed by atoms with Crippen LogP contribution in [0.4, 0.5) is 13.2 Å². The molecule has 2 N–H and O–H groups in total. The molecule has 2 amide bonds. The van der Waals surface area contributed by atoms with Gasteiger partial charge >= 0.3 is 24.1 Å². The molecule has 4 heterocycles. The summed E-state index contributed by atoms with van der Waals surface area (Å²) in [6.07, 6.45) is -5.88. The molecule has 1 aliphatic carbocycles. The Morgan fingerprint density at radius 3 is 2.29 bits per heavy atom. The van der Waals surface area contributed by atoms with Crippen molar-refractivity contribution in [2.75, 3.05) is 19.8 Å². The number of hydrogen-bond acceptors (Lipinski definition) is 13. The van der Waals surface area contributed by atoms with Gasteiger partial charge in [-0.25, -0.2) is 4.79 Å². The number of nitrogens with one attached hydrogen (secondary N) is 1. The number of aliphatic hydroxyl groups excluding tert-OH is 1. The first-order valence-corrected chi connectivity index (χ1v) is 22.0. The number of ether oxygens (including phenoxy) is 5. The first kappa shape index (κ1) is 46.9. The van der Waals surface area contributed by atoms with Gasteiger partial charge in [-0.3, -0.25) is 24.0 Å². The Balaban J connectivity index is 1.12. The van der Waals surface area contributed by atoms with E-state index >= 15 is 4.79 Å². The average molecular weight is 920 g/mol. The van der Waals surface area contributed by atoms with E-state index in [1.807, 2.05) is 60.7 Å². The Hall–Kier alpha value is -5.66. The number of esters is 3. The summed E-state index contributed by atoms with van der Waals surface area (Å²) in [6, 6.07) is 21.9. The summed E-state index contributed by atoms with van der Waals surface area (Å²) < 4.78 is 67.8. The zero-order valence-electron chi connectivity index (χ0n) is 36.6. The first-order chi connectivity index (χ1) is 31.4. The Morgan fingerprint density at radius 2 is 1.64 bits per heavy atom. The maximum atomic E-state index is 15.7. The number of carbonyl (C=O) groups excluding carboxylic acids is 5. The maximum Gasteiger partial charge on any atom is 0.422 e. The van der Waals surface area contributed by atoms with E-state index in [9.17, 15) is 37.5 Å². The quantitative estimate of drug-likeness (QED) is 0.127. The summed E-state index contributed by atoms with van der Waals surface area (Å²) >= 11 is 0.